The van der Waals surface area contributed by atoms with E-state index in [2.05, 4.69) is 12.2 Å². The van der Waals surface area contributed by atoms with E-state index in [9.17, 15) is 4.21 Å². The van der Waals surface area contributed by atoms with Gasteiger partial charge < -0.3 is 5.32 Å². The van der Waals surface area contributed by atoms with Crippen LogP contribution in [0.1, 0.15) is 32.6 Å². The van der Waals surface area contributed by atoms with Gasteiger partial charge in [0.1, 0.15) is 0 Å². The average Bonchev–Trinajstić information content (AvgIpc) is 2.73. The van der Waals surface area contributed by atoms with Crippen molar-refractivity contribution in [3.05, 3.63) is 0 Å². The van der Waals surface area contributed by atoms with Crippen LogP contribution in [0.3, 0.4) is 0 Å². The molecule has 2 rings (SSSR count). The number of nitrogens with zero attached hydrogens (tertiary/aromatic N) is 1. The molecule has 0 radical (unpaired) electrons. The van der Waals surface area contributed by atoms with Crippen LogP contribution in [-0.2, 0) is 10.8 Å². The molecular weight excluding hydrogens is 252 g/mol. The number of aliphatic imine (C=N–C) groups is 1. The smallest absolute Gasteiger partial charge is 0.157 e. The Balaban J connectivity index is 1.80. The molecule has 1 aliphatic carbocycles. The van der Waals surface area contributed by atoms with Crippen LogP contribution in [-0.4, -0.2) is 39.2 Å². The molecule has 1 fully saturated rings. The van der Waals surface area contributed by atoms with E-state index in [1.165, 1.54) is 25.0 Å². The predicted octanol–water partition coefficient (Wildman–Crippen LogP) is 2.00. The summed E-state index contributed by atoms with van der Waals surface area (Å²) in [4.78, 5) is 4.80. The topological polar surface area (TPSA) is 41.5 Å². The van der Waals surface area contributed by atoms with Gasteiger partial charge in [-0.25, -0.2) is 0 Å². The Kier molecular flexibility index (Phi) is 4.91. The molecule has 1 N–H and O–H groups in total. The highest BCUT2D eigenvalue weighted by Gasteiger charge is 2.31. The fourth-order valence-electron chi connectivity index (χ4n) is 2.46. The maximum Gasteiger partial charge on any atom is 0.157 e. The average molecular weight is 274 g/mol. The van der Waals surface area contributed by atoms with Gasteiger partial charge in [-0.15, -0.1) is 0 Å². The van der Waals surface area contributed by atoms with Crippen molar-refractivity contribution in [2.45, 2.75) is 44.7 Å². The van der Waals surface area contributed by atoms with Crippen LogP contribution in [0.2, 0.25) is 0 Å². The minimum Gasteiger partial charge on any atom is -0.362 e. The van der Waals surface area contributed by atoms with Crippen molar-refractivity contribution in [3.8, 4) is 0 Å². The van der Waals surface area contributed by atoms with Crippen LogP contribution in [0.4, 0.5) is 0 Å². The third kappa shape index (κ3) is 3.98. The van der Waals surface area contributed by atoms with Crippen LogP contribution in [0, 0.1) is 5.92 Å². The van der Waals surface area contributed by atoms with Gasteiger partial charge >= 0.3 is 0 Å². The summed E-state index contributed by atoms with van der Waals surface area (Å²) in [6, 6.07) is 0.953. The van der Waals surface area contributed by atoms with Gasteiger partial charge in [0.15, 0.2) is 5.17 Å². The lowest BCUT2D eigenvalue weighted by molar-refractivity contribution is 0.529. The number of hydrogen-bond donors (Lipinski definition) is 1. The molecule has 0 bridgehead atoms. The second-order valence-electron chi connectivity index (χ2n) is 5.11. The zero-order chi connectivity index (χ0) is 12.3. The molecule has 0 aromatic heterocycles. The Morgan fingerprint density at radius 1 is 1.59 bits per heavy atom. The van der Waals surface area contributed by atoms with Crippen LogP contribution in [0.15, 0.2) is 4.99 Å². The third-order valence-electron chi connectivity index (χ3n) is 3.54. The van der Waals surface area contributed by atoms with Gasteiger partial charge in [-0.3, -0.25) is 9.20 Å². The van der Waals surface area contributed by atoms with Gasteiger partial charge in [0.2, 0.25) is 0 Å². The predicted molar refractivity (Wildman–Crippen MR) is 77.2 cm³/mol. The lowest BCUT2D eigenvalue weighted by Crippen LogP contribution is -2.36. The molecular formula is C12H22N2OS2. The summed E-state index contributed by atoms with van der Waals surface area (Å²) in [5.41, 5.74) is 0. The Morgan fingerprint density at radius 3 is 3.18 bits per heavy atom. The van der Waals surface area contributed by atoms with Crippen molar-refractivity contribution >= 4 is 27.7 Å². The number of hydrogen-bond acceptors (Lipinski definition) is 4. The molecule has 1 aliphatic heterocycles. The molecule has 0 aromatic carbocycles. The summed E-state index contributed by atoms with van der Waals surface area (Å²) < 4.78 is 11.0. The van der Waals surface area contributed by atoms with E-state index < -0.39 is 10.8 Å². The normalized spacial score (nSPS) is 31.5. The zero-order valence-electron chi connectivity index (χ0n) is 10.6. The molecule has 1 heterocycles. The van der Waals surface area contributed by atoms with E-state index in [0.717, 1.165) is 23.3 Å². The maximum atomic E-state index is 11.0. The molecule has 0 aromatic rings. The number of rotatable bonds is 4. The maximum absolute atomic E-state index is 11.0. The van der Waals surface area contributed by atoms with Crippen molar-refractivity contribution in [2.75, 3.05) is 17.8 Å². The number of fused-ring (bicyclic) bond motifs is 1. The van der Waals surface area contributed by atoms with Crippen molar-refractivity contribution in [1.82, 2.24) is 5.32 Å². The first-order chi connectivity index (χ1) is 8.15. The standard InChI is InChI=1S/C12H22N2OS2/c1-9(6-7-17(2)15)13-12-14-11-5-3-4-10(11)8-16-12/h9-11H,3-8H2,1-2H3,(H,13,14). The van der Waals surface area contributed by atoms with Crippen molar-refractivity contribution < 1.29 is 4.21 Å². The van der Waals surface area contributed by atoms with Crippen molar-refractivity contribution in [1.29, 1.82) is 0 Å². The Morgan fingerprint density at radius 2 is 2.41 bits per heavy atom. The first-order valence-corrected chi connectivity index (χ1v) is 9.13. The molecule has 0 spiro atoms. The summed E-state index contributed by atoms with van der Waals surface area (Å²) in [5, 5.41) is 4.58. The van der Waals surface area contributed by atoms with Gasteiger partial charge in [-0.05, 0) is 32.1 Å². The summed E-state index contributed by atoms with van der Waals surface area (Å²) in [5.74, 6) is 2.82. The first-order valence-electron chi connectivity index (χ1n) is 6.42. The number of nitrogens with one attached hydrogen (secondary N) is 1. The zero-order valence-corrected chi connectivity index (χ0v) is 12.3. The van der Waals surface area contributed by atoms with Gasteiger partial charge in [0.25, 0.3) is 0 Å². The molecule has 98 valence electrons. The number of amidine groups is 1. The Labute approximate surface area is 111 Å². The highest BCUT2D eigenvalue weighted by molar-refractivity contribution is 8.13. The fraction of sp³-hybridized carbons (Fsp3) is 0.917. The second-order valence-corrected chi connectivity index (χ2v) is 7.68. The quantitative estimate of drug-likeness (QED) is 0.852. The summed E-state index contributed by atoms with van der Waals surface area (Å²) >= 11 is 1.87. The highest BCUT2D eigenvalue weighted by atomic mass is 32.2. The van der Waals surface area contributed by atoms with Crippen molar-refractivity contribution in [2.24, 2.45) is 10.9 Å². The Bertz CT molecular complexity index is 320. The molecule has 0 saturated heterocycles. The van der Waals surface area contributed by atoms with Gasteiger partial charge in [-0.2, -0.15) is 0 Å². The lowest BCUT2D eigenvalue weighted by Gasteiger charge is -2.25. The Hall–Kier alpha value is -0.0300. The molecule has 4 unspecified atom stereocenters. The molecule has 5 heteroatoms. The molecule has 0 amide bonds. The summed E-state index contributed by atoms with van der Waals surface area (Å²) in [6.45, 7) is 2.15. The SMILES string of the molecule is CC(CCS(C)=O)NC1=NC2CCCC2CS1. The van der Waals surface area contributed by atoms with E-state index >= 15 is 0 Å². The lowest BCUT2D eigenvalue weighted by atomic mass is 10.1. The van der Waals surface area contributed by atoms with Gasteiger partial charge in [-0.1, -0.05) is 18.2 Å². The summed E-state index contributed by atoms with van der Waals surface area (Å²) in [7, 11) is -0.684. The van der Waals surface area contributed by atoms with E-state index in [1.54, 1.807) is 6.26 Å². The molecule has 4 atom stereocenters. The van der Waals surface area contributed by atoms with Crippen LogP contribution in [0.25, 0.3) is 0 Å². The fourth-order valence-corrected chi connectivity index (χ4v) is 4.40. The first kappa shape index (κ1) is 13.4. The third-order valence-corrected chi connectivity index (χ3v) is 5.45. The van der Waals surface area contributed by atoms with E-state index in [-0.39, 0.29) is 0 Å². The summed E-state index contributed by atoms with van der Waals surface area (Å²) in [6.07, 6.45) is 6.69. The largest absolute Gasteiger partial charge is 0.362 e. The van der Waals surface area contributed by atoms with E-state index in [1.807, 2.05) is 11.8 Å². The minimum absolute atomic E-state index is 0.378. The van der Waals surface area contributed by atoms with E-state index in [0.29, 0.717) is 12.1 Å². The van der Waals surface area contributed by atoms with Gasteiger partial charge in [0, 0.05) is 34.6 Å². The molecule has 1 saturated carbocycles. The molecule has 2 aliphatic rings. The number of thioether (sulfide) groups is 1. The second kappa shape index (κ2) is 6.23. The van der Waals surface area contributed by atoms with Gasteiger partial charge in [0.05, 0.1) is 6.04 Å². The highest BCUT2D eigenvalue weighted by Crippen LogP contribution is 2.35. The van der Waals surface area contributed by atoms with Crippen molar-refractivity contribution in [3.63, 3.8) is 0 Å². The van der Waals surface area contributed by atoms with E-state index in [4.69, 9.17) is 4.99 Å². The minimum atomic E-state index is -0.684. The monoisotopic (exact) mass is 274 g/mol. The van der Waals surface area contributed by atoms with Crippen LogP contribution < -0.4 is 5.32 Å². The van der Waals surface area contributed by atoms with Crippen LogP contribution >= 0.6 is 11.8 Å². The molecule has 3 nitrogen and oxygen atoms in total. The molecule has 17 heavy (non-hydrogen) atoms. The van der Waals surface area contributed by atoms with Crippen LogP contribution in [0.5, 0.6) is 0 Å².